The van der Waals surface area contributed by atoms with Gasteiger partial charge >= 0.3 is 0 Å². The van der Waals surface area contributed by atoms with Gasteiger partial charge in [-0.05, 0) is 36.4 Å². The molecule has 0 saturated carbocycles. The molecule has 0 radical (unpaired) electrons. The Labute approximate surface area is 113 Å². The maximum absolute atomic E-state index is 11.4. The minimum absolute atomic E-state index is 0.0343. The molecule has 0 unspecified atom stereocenters. The highest BCUT2D eigenvalue weighted by Crippen LogP contribution is 2.22. The molecule has 0 saturated heterocycles. The molecule has 0 bridgehead atoms. The van der Waals surface area contributed by atoms with E-state index in [2.05, 4.69) is 26.2 Å². The Morgan fingerprint density at radius 1 is 1.17 bits per heavy atom. The second kappa shape index (κ2) is 5.05. The van der Waals surface area contributed by atoms with Crippen LogP contribution in [0.1, 0.15) is 0 Å². The molecule has 0 fully saturated rings. The summed E-state index contributed by atoms with van der Waals surface area (Å²) < 4.78 is 23.7. The topological polar surface area (TPSA) is 85.1 Å². The standard InChI is InChI=1S/C11H10BrN3O2S/c12-8-3-5-9(6-4-8)15-11-10(18(13,16)17)2-1-7-14-11/h1-7H,(H,14,15)(H2,13,16,17). The third kappa shape index (κ3) is 3.06. The van der Waals surface area contributed by atoms with Crippen LogP contribution in [-0.2, 0) is 10.0 Å². The first-order chi connectivity index (χ1) is 8.47. The molecule has 18 heavy (non-hydrogen) atoms. The summed E-state index contributed by atoms with van der Waals surface area (Å²) in [5.41, 5.74) is 0.724. The molecular formula is C11H10BrN3O2S. The average Bonchev–Trinajstić information content (AvgIpc) is 2.31. The number of benzene rings is 1. The van der Waals surface area contributed by atoms with E-state index in [-0.39, 0.29) is 10.7 Å². The van der Waals surface area contributed by atoms with Crippen LogP contribution < -0.4 is 10.5 Å². The van der Waals surface area contributed by atoms with Gasteiger partial charge in [-0.3, -0.25) is 0 Å². The highest BCUT2D eigenvalue weighted by molar-refractivity contribution is 9.10. The number of hydrogen-bond donors (Lipinski definition) is 2. The first-order valence-corrected chi connectivity index (χ1v) is 7.31. The van der Waals surface area contributed by atoms with Crippen molar-refractivity contribution in [2.75, 3.05) is 5.32 Å². The van der Waals surface area contributed by atoms with E-state index in [9.17, 15) is 8.42 Å². The fraction of sp³-hybridized carbons (Fsp3) is 0. The lowest BCUT2D eigenvalue weighted by molar-refractivity contribution is 0.598. The number of nitrogens with two attached hydrogens (primary N) is 1. The summed E-state index contributed by atoms with van der Waals surface area (Å²) in [5, 5.41) is 8.04. The molecule has 1 aromatic carbocycles. The third-order valence-corrected chi connectivity index (χ3v) is 3.66. The maximum Gasteiger partial charge on any atom is 0.241 e. The third-order valence-electron chi connectivity index (χ3n) is 2.18. The zero-order chi connectivity index (χ0) is 13.2. The van der Waals surface area contributed by atoms with Crippen LogP contribution in [-0.4, -0.2) is 13.4 Å². The van der Waals surface area contributed by atoms with Gasteiger partial charge in [0.15, 0.2) is 5.82 Å². The maximum atomic E-state index is 11.4. The molecule has 0 aliphatic heterocycles. The van der Waals surface area contributed by atoms with Crippen LogP contribution in [0.25, 0.3) is 0 Å². The van der Waals surface area contributed by atoms with Crippen LogP contribution >= 0.6 is 15.9 Å². The number of sulfonamides is 1. The van der Waals surface area contributed by atoms with Crippen LogP contribution in [0.2, 0.25) is 0 Å². The van der Waals surface area contributed by atoms with Crippen LogP contribution in [0, 0.1) is 0 Å². The van der Waals surface area contributed by atoms with Gasteiger partial charge < -0.3 is 5.32 Å². The highest BCUT2D eigenvalue weighted by Gasteiger charge is 2.14. The average molecular weight is 328 g/mol. The monoisotopic (exact) mass is 327 g/mol. The number of primary sulfonamides is 1. The molecule has 0 aliphatic carbocycles. The summed E-state index contributed by atoms with van der Waals surface area (Å²) in [6.45, 7) is 0. The van der Waals surface area contributed by atoms with Crippen molar-refractivity contribution in [3.05, 3.63) is 47.1 Å². The molecular weight excluding hydrogens is 318 g/mol. The van der Waals surface area contributed by atoms with E-state index in [0.717, 1.165) is 10.2 Å². The van der Waals surface area contributed by atoms with Crippen molar-refractivity contribution in [3.8, 4) is 0 Å². The van der Waals surface area contributed by atoms with Gasteiger partial charge in [-0.2, -0.15) is 0 Å². The van der Waals surface area contributed by atoms with Crippen molar-refractivity contribution in [2.45, 2.75) is 4.90 Å². The Morgan fingerprint density at radius 2 is 1.83 bits per heavy atom. The van der Waals surface area contributed by atoms with Crippen molar-refractivity contribution in [1.29, 1.82) is 0 Å². The molecule has 94 valence electrons. The molecule has 0 spiro atoms. The Kier molecular flexibility index (Phi) is 3.65. The van der Waals surface area contributed by atoms with Crippen LogP contribution in [0.3, 0.4) is 0 Å². The zero-order valence-electron chi connectivity index (χ0n) is 9.17. The highest BCUT2D eigenvalue weighted by atomic mass is 79.9. The zero-order valence-corrected chi connectivity index (χ0v) is 11.6. The lowest BCUT2D eigenvalue weighted by atomic mass is 10.3. The number of hydrogen-bond acceptors (Lipinski definition) is 4. The van der Waals surface area contributed by atoms with E-state index < -0.39 is 10.0 Å². The minimum atomic E-state index is -3.80. The Morgan fingerprint density at radius 3 is 2.44 bits per heavy atom. The van der Waals surface area contributed by atoms with Gasteiger partial charge in [0.1, 0.15) is 4.90 Å². The fourth-order valence-corrected chi connectivity index (χ4v) is 2.29. The molecule has 5 nitrogen and oxygen atoms in total. The van der Waals surface area contributed by atoms with Crippen LogP contribution in [0.5, 0.6) is 0 Å². The molecule has 2 aromatic rings. The SMILES string of the molecule is NS(=O)(=O)c1cccnc1Nc1ccc(Br)cc1. The molecule has 1 aromatic heterocycles. The van der Waals surface area contributed by atoms with E-state index in [4.69, 9.17) is 5.14 Å². The molecule has 2 rings (SSSR count). The predicted octanol–water partition coefficient (Wildman–Crippen LogP) is 2.24. The smallest absolute Gasteiger partial charge is 0.241 e. The Hall–Kier alpha value is -1.44. The fourth-order valence-electron chi connectivity index (χ4n) is 1.38. The lowest BCUT2D eigenvalue weighted by Crippen LogP contribution is -2.14. The number of nitrogens with one attached hydrogen (secondary N) is 1. The van der Waals surface area contributed by atoms with Crippen molar-refractivity contribution in [2.24, 2.45) is 5.14 Å². The summed E-state index contributed by atoms with van der Waals surface area (Å²) >= 11 is 3.32. The number of anilines is 2. The van der Waals surface area contributed by atoms with Crippen LogP contribution in [0.15, 0.2) is 52.0 Å². The van der Waals surface area contributed by atoms with Gasteiger partial charge in [0.25, 0.3) is 0 Å². The molecule has 7 heteroatoms. The molecule has 1 heterocycles. The quantitative estimate of drug-likeness (QED) is 0.905. The normalized spacial score (nSPS) is 11.2. The second-order valence-corrected chi connectivity index (χ2v) is 5.97. The van der Waals surface area contributed by atoms with Gasteiger partial charge in [-0.1, -0.05) is 15.9 Å². The number of aromatic nitrogens is 1. The number of pyridine rings is 1. The van der Waals surface area contributed by atoms with E-state index in [0.29, 0.717) is 0 Å². The Balaban J connectivity index is 2.38. The molecule has 0 aliphatic rings. The van der Waals surface area contributed by atoms with Gasteiger partial charge in [-0.15, -0.1) is 0 Å². The first-order valence-electron chi connectivity index (χ1n) is 4.97. The number of halogens is 1. The van der Waals surface area contributed by atoms with Gasteiger partial charge in [0.2, 0.25) is 10.0 Å². The summed E-state index contributed by atoms with van der Waals surface area (Å²) in [6.07, 6.45) is 1.50. The first kappa shape index (κ1) is 13.0. The summed E-state index contributed by atoms with van der Waals surface area (Å²) in [5.74, 6) is 0.210. The van der Waals surface area contributed by atoms with E-state index in [1.165, 1.54) is 18.3 Å². The summed E-state index contributed by atoms with van der Waals surface area (Å²) in [7, 11) is -3.80. The molecule has 0 amide bonds. The van der Waals surface area contributed by atoms with Gasteiger partial charge in [-0.25, -0.2) is 18.5 Å². The van der Waals surface area contributed by atoms with E-state index >= 15 is 0 Å². The van der Waals surface area contributed by atoms with Crippen LogP contribution in [0.4, 0.5) is 11.5 Å². The van der Waals surface area contributed by atoms with Gasteiger partial charge in [0.05, 0.1) is 0 Å². The summed E-state index contributed by atoms with van der Waals surface area (Å²) in [4.78, 5) is 3.95. The van der Waals surface area contributed by atoms with Crippen molar-refractivity contribution >= 4 is 37.5 Å². The second-order valence-electron chi connectivity index (χ2n) is 3.53. The summed E-state index contributed by atoms with van der Waals surface area (Å²) in [6, 6.07) is 10.2. The largest absolute Gasteiger partial charge is 0.339 e. The molecule has 0 atom stereocenters. The van der Waals surface area contributed by atoms with E-state index in [1.54, 1.807) is 12.1 Å². The predicted molar refractivity (Wildman–Crippen MR) is 73.0 cm³/mol. The molecule has 3 N–H and O–H groups in total. The lowest BCUT2D eigenvalue weighted by Gasteiger charge is -2.09. The van der Waals surface area contributed by atoms with Crippen molar-refractivity contribution < 1.29 is 8.42 Å². The van der Waals surface area contributed by atoms with E-state index in [1.807, 2.05) is 12.1 Å². The van der Waals surface area contributed by atoms with Crippen molar-refractivity contribution in [1.82, 2.24) is 4.98 Å². The van der Waals surface area contributed by atoms with Gasteiger partial charge in [0, 0.05) is 16.4 Å². The number of rotatable bonds is 3. The number of nitrogens with zero attached hydrogens (tertiary/aromatic N) is 1. The van der Waals surface area contributed by atoms with Crippen molar-refractivity contribution in [3.63, 3.8) is 0 Å². The minimum Gasteiger partial charge on any atom is -0.339 e. The Bertz CT molecular complexity index is 656.